The van der Waals surface area contributed by atoms with Crippen LogP contribution in [0.25, 0.3) is 0 Å². The molecule has 2 rings (SSSR count). The van der Waals surface area contributed by atoms with Crippen LogP contribution in [0.5, 0.6) is 5.75 Å². The topological polar surface area (TPSA) is 29.5 Å². The Balaban J connectivity index is 1.99. The molecule has 0 radical (unpaired) electrons. The van der Waals surface area contributed by atoms with Gasteiger partial charge in [0.25, 0.3) is 0 Å². The highest BCUT2D eigenvalue weighted by atomic mass is 35.5. The zero-order chi connectivity index (χ0) is 16.5. The standard InChI is InChI=1S/C19H23ClO2S/c1-2-10-23-14-18(21)12-16-11-17(20)8-9-19(16)22-13-15-6-4-3-5-7-15/h3-9,11,18,21H,2,10,12-14H2,1H3. The molecule has 0 heterocycles. The first kappa shape index (κ1) is 18.2. The third-order valence-electron chi connectivity index (χ3n) is 3.37. The Kier molecular flexibility index (Phi) is 7.80. The molecule has 1 N–H and O–H groups in total. The van der Waals surface area contributed by atoms with Crippen molar-refractivity contribution >= 4 is 23.4 Å². The maximum absolute atomic E-state index is 10.2. The van der Waals surface area contributed by atoms with E-state index in [2.05, 4.69) is 6.92 Å². The van der Waals surface area contributed by atoms with Gasteiger partial charge < -0.3 is 9.84 Å². The molecule has 0 aromatic heterocycles. The summed E-state index contributed by atoms with van der Waals surface area (Å²) in [7, 11) is 0. The summed E-state index contributed by atoms with van der Waals surface area (Å²) in [5.74, 6) is 2.60. The number of ether oxygens (including phenoxy) is 1. The molecule has 0 aliphatic rings. The van der Waals surface area contributed by atoms with Crippen LogP contribution in [0.4, 0.5) is 0 Å². The van der Waals surface area contributed by atoms with Crippen LogP contribution in [-0.2, 0) is 13.0 Å². The van der Waals surface area contributed by atoms with Gasteiger partial charge in [-0.1, -0.05) is 48.9 Å². The second-order valence-electron chi connectivity index (χ2n) is 5.46. The van der Waals surface area contributed by atoms with Crippen LogP contribution in [0.1, 0.15) is 24.5 Å². The van der Waals surface area contributed by atoms with Crippen molar-refractivity contribution in [2.24, 2.45) is 0 Å². The normalized spacial score (nSPS) is 12.1. The van der Waals surface area contributed by atoms with Crippen molar-refractivity contribution < 1.29 is 9.84 Å². The van der Waals surface area contributed by atoms with Crippen molar-refractivity contribution in [3.8, 4) is 5.75 Å². The number of halogens is 1. The second kappa shape index (κ2) is 9.86. The SMILES string of the molecule is CCCSCC(O)Cc1cc(Cl)ccc1OCc1ccccc1. The van der Waals surface area contributed by atoms with Gasteiger partial charge in [0, 0.05) is 17.2 Å². The first-order valence-corrected chi connectivity index (χ1v) is 9.43. The van der Waals surface area contributed by atoms with E-state index >= 15 is 0 Å². The summed E-state index contributed by atoms with van der Waals surface area (Å²) in [5, 5.41) is 10.9. The average molecular weight is 351 g/mol. The van der Waals surface area contributed by atoms with Gasteiger partial charge in [-0.25, -0.2) is 0 Å². The van der Waals surface area contributed by atoms with Gasteiger partial charge in [0.05, 0.1) is 6.10 Å². The lowest BCUT2D eigenvalue weighted by molar-refractivity contribution is 0.197. The van der Waals surface area contributed by atoms with Gasteiger partial charge in [-0.15, -0.1) is 0 Å². The third kappa shape index (κ3) is 6.46. The highest BCUT2D eigenvalue weighted by Gasteiger charge is 2.11. The lowest BCUT2D eigenvalue weighted by Gasteiger charge is -2.15. The number of aliphatic hydroxyl groups excluding tert-OH is 1. The highest BCUT2D eigenvalue weighted by molar-refractivity contribution is 7.99. The van der Waals surface area contributed by atoms with E-state index in [1.807, 2.05) is 48.5 Å². The lowest BCUT2D eigenvalue weighted by atomic mass is 10.1. The highest BCUT2D eigenvalue weighted by Crippen LogP contribution is 2.26. The van der Waals surface area contributed by atoms with Gasteiger partial charge >= 0.3 is 0 Å². The van der Waals surface area contributed by atoms with Crippen molar-refractivity contribution in [1.29, 1.82) is 0 Å². The zero-order valence-corrected chi connectivity index (χ0v) is 14.9. The van der Waals surface area contributed by atoms with Crippen LogP contribution in [0.3, 0.4) is 0 Å². The summed E-state index contributed by atoms with van der Waals surface area (Å²) in [4.78, 5) is 0. The summed E-state index contributed by atoms with van der Waals surface area (Å²) >= 11 is 7.88. The van der Waals surface area contributed by atoms with Gasteiger partial charge in [0.1, 0.15) is 12.4 Å². The Morgan fingerprint density at radius 1 is 1.17 bits per heavy atom. The smallest absolute Gasteiger partial charge is 0.123 e. The molecule has 0 bridgehead atoms. The van der Waals surface area contributed by atoms with Gasteiger partial charge in [0.15, 0.2) is 0 Å². The van der Waals surface area contributed by atoms with E-state index in [1.54, 1.807) is 11.8 Å². The maximum Gasteiger partial charge on any atom is 0.123 e. The largest absolute Gasteiger partial charge is 0.489 e. The fourth-order valence-corrected chi connectivity index (χ4v) is 3.30. The Bertz CT molecular complexity index is 589. The zero-order valence-electron chi connectivity index (χ0n) is 13.4. The molecule has 2 aromatic rings. The van der Waals surface area contributed by atoms with Gasteiger partial charge in [-0.2, -0.15) is 11.8 Å². The molecule has 0 aliphatic carbocycles. The fraction of sp³-hybridized carbons (Fsp3) is 0.368. The van der Waals surface area contributed by atoms with Crippen molar-refractivity contribution in [2.45, 2.75) is 32.5 Å². The first-order valence-electron chi connectivity index (χ1n) is 7.90. The summed E-state index contributed by atoms with van der Waals surface area (Å²) in [6, 6.07) is 15.6. The van der Waals surface area contributed by atoms with Crippen LogP contribution < -0.4 is 4.74 Å². The molecule has 124 valence electrons. The predicted molar refractivity (Wildman–Crippen MR) is 99.6 cm³/mol. The molecular weight excluding hydrogens is 328 g/mol. The third-order valence-corrected chi connectivity index (χ3v) is 4.93. The quantitative estimate of drug-likeness (QED) is 0.648. The fourth-order valence-electron chi connectivity index (χ4n) is 2.26. The van der Waals surface area contributed by atoms with E-state index in [0.29, 0.717) is 18.1 Å². The Hall–Kier alpha value is -1.16. The molecule has 0 saturated heterocycles. The van der Waals surface area contributed by atoms with Crippen molar-refractivity contribution in [3.63, 3.8) is 0 Å². The number of rotatable bonds is 9. The number of aliphatic hydroxyl groups is 1. The van der Waals surface area contributed by atoms with E-state index in [-0.39, 0.29) is 6.10 Å². The minimum atomic E-state index is -0.385. The molecule has 0 aliphatic heterocycles. The van der Waals surface area contributed by atoms with Crippen LogP contribution in [0, 0.1) is 0 Å². The van der Waals surface area contributed by atoms with E-state index < -0.39 is 0 Å². The Morgan fingerprint density at radius 3 is 2.70 bits per heavy atom. The molecule has 0 fully saturated rings. The Labute approximate surface area is 147 Å². The molecule has 1 unspecified atom stereocenters. The molecule has 0 spiro atoms. The van der Waals surface area contributed by atoms with E-state index in [4.69, 9.17) is 16.3 Å². The summed E-state index contributed by atoms with van der Waals surface area (Å²) in [6.45, 7) is 2.65. The average Bonchev–Trinajstić information content (AvgIpc) is 2.55. The van der Waals surface area contributed by atoms with Gasteiger partial charge in [-0.05, 0) is 41.5 Å². The van der Waals surface area contributed by atoms with Gasteiger partial charge in [0.2, 0.25) is 0 Å². The van der Waals surface area contributed by atoms with Crippen molar-refractivity contribution in [2.75, 3.05) is 11.5 Å². The van der Waals surface area contributed by atoms with E-state index in [9.17, 15) is 5.11 Å². The van der Waals surface area contributed by atoms with Crippen LogP contribution in [0.15, 0.2) is 48.5 Å². The molecule has 0 amide bonds. The van der Waals surface area contributed by atoms with Gasteiger partial charge in [-0.3, -0.25) is 0 Å². The first-order chi connectivity index (χ1) is 11.2. The summed E-state index contributed by atoms with van der Waals surface area (Å²) in [6.07, 6.45) is 1.30. The van der Waals surface area contributed by atoms with Crippen molar-refractivity contribution in [1.82, 2.24) is 0 Å². The van der Waals surface area contributed by atoms with Crippen LogP contribution in [-0.4, -0.2) is 22.7 Å². The molecule has 0 saturated carbocycles. The monoisotopic (exact) mass is 350 g/mol. The molecule has 23 heavy (non-hydrogen) atoms. The van der Waals surface area contributed by atoms with Crippen molar-refractivity contribution in [3.05, 3.63) is 64.7 Å². The molecule has 4 heteroatoms. The number of hydrogen-bond donors (Lipinski definition) is 1. The molecule has 1 atom stereocenters. The van der Waals surface area contributed by atoms with E-state index in [1.165, 1.54) is 0 Å². The molecular formula is C19H23ClO2S. The minimum absolute atomic E-state index is 0.385. The number of hydrogen-bond acceptors (Lipinski definition) is 3. The van der Waals surface area contributed by atoms with Crippen LogP contribution in [0.2, 0.25) is 5.02 Å². The second-order valence-corrected chi connectivity index (χ2v) is 7.05. The maximum atomic E-state index is 10.2. The lowest BCUT2D eigenvalue weighted by Crippen LogP contribution is -2.14. The van der Waals surface area contributed by atoms with E-state index in [0.717, 1.165) is 34.8 Å². The summed E-state index contributed by atoms with van der Waals surface area (Å²) < 4.78 is 5.93. The number of thioether (sulfide) groups is 1. The predicted octanol–water partition coefficient (Wildman–Crippen LogP) is 4.97. The Morgan fingerprint density at radius 2 is 1.96 bits per heavy atom. The molecule has 2 aromatic carbocycles. The summed E-state index contributed by atoms with van der Waals surface area (Å²) in [5.41, 5.74) is 2.07. The number of benzene rings is 2. The molecule has 2 nitrogen and oxygen atoms in total. The van der Waals surface area contributed by atoms with Crippen LogP contribution >= 0.6 is 23.4 Å². The minimum Gasteiger partial charge on any atom is -0.489 e.